The van der Waals surface area contributed by atoms with Crippen molar-refractivity contribution >= 4 is 5.97 Å². The molecule has 2 rings (SSSR count). The Balaban J connectivity index is 0.000000217. The number of rotatable bonds is 4. The first-order valence-corrected chi connectivity index (χ1v) is 6.69. The van der Waals surface area contributed by atoms with Crippen LogP contribution in [0.2, 0.25) is 0 Å². The van der Waals surface area contributed by atoms with Crippen LogP contribution in [0.1, 0.15) is 18.1 Å². The van der Waals surface area contributed by atoms with E-state index in [1.165, 1.54) is 5.56 Å². The third-order valence-electron chi connectivity index (χ3n) is 2.87. The Kier molecular flexibility index (Phi) is 7.07. The van der Waals surface area contributed by atoms with Crippen LogP contribution >= 0.6 is 0 Å². The molecule has 0 aliphatic rings. The highest BCUT2D eigenvalue weighted by atomic mass is 16.4. The molecule has 0 aromatic heterocycles. The van der Waals surface area contributed by atoms with Crippen LogP contribution < -0.4 is 5.73 Å². The molecule has 3 nitrogen and oxygen atoms in total. The third-order valence-corrected chi connectivity index (χ3v) is 2.87. The van der Waals surface area contributed by atoms with Gasteiger partial charge >= 0.3 is 5.97 Å². The van der Waals surface area contributed by atoms with Gasteiger partial charge < -0.3 is 10.8 Å². The number of benzene rings is 2. The number of hydrogen-bond donors (Lipinski definition) is 2. The van der Waals surface area contributed by atoms with Crippen molar-refractivity contribution in [3.05, 3.63) is 71.8 Å². The molecule has 106 valence electrons. The minimum absolute atomic E-state index is 0.385. The van der Waals surface area contributed by atoms with E-state index >= 15 is 0 Å². The van der Waals surface area contributed by atoms with E-state index in [0.717, 1.165) is 12.0 Å². The SMILES string of the molecule is CCc1ccccc1.N[C@@H](Cc1ccccc1)C(=O)O. The van der Waals surface area contributed by atoms with E-state index < -0.39 is 12.0 Å². The van der Waals surface area contributed by atoms with Gasteiger partial charge in [-0.2, -0.15) is 0 Å². The molecular formula is C17H21NO2. The Morgan fingerprint density at radius 2 is 1.45 bits per heavy atom. The summed E-state index contributed by atoms with van der Waals surface area (Å²) in [5.41, 5.74) is 7.71. The second-order valence-electron chi connectivity index (χ2n) is 4.47. The summed E-state index contributed by atoms with van der Waals surface area (Å²) >= 11 is 0. The van der Waals surface area contributed by atoms with Crippen LogP contribution in [0.5, 0.6) is 0 Å². The van der Waals surface area contributed by atoms with Crippen molar-refractivity contribution < 1.29 is 9.90 Å². The summed E-state index contributed by atoms with van der Waals surface area (Å²) in [5, 5.41) is 8.52. The maximum absolute atomic E-state index is 10.4. The molecule has 1 atom stereocenters. The Labute approximate surface area is 120 Å². The Hall–Kier alpha value is -2.13. The topological polar surface area (TPSA) is 63.3 Å². The summed E-state index contributed by atoms with van der Waals surface area (Å²) in [6.45, 7) is 2.16. The highest BCUT2D eigenvalue weighted by molar-refractivity contribution is 5.73. The van der Waals surface area contributed by atoms with E-state index in [0.29, 0.717) is 6.42 Å². The zero-order chi connectivity index (χ0) is 14.8. The lowest BCUT2D eigenvalue weighted by molar-refractivity contribution is -0.138. The molecule has 0 bridgehead atoms. The molecule has 0 radical (unpaired) electrons. The molecule has 3 heteroatoms. The Morgan fingerprint density at radius 1 is 1.00 bits per heavy atom. The van der Waals surface area contributed by atoms with Crippen molar-refractivity contribution in [3.8, 4) is 0 Å². The third kappa shape index (κ3) is 6.16. The molecule has 0 spiro atoms. The lowest BCUT2D eigenvalue weighted by atomic mass is 10.1. The predicted octanol–water partition coefficient (Wildman–Crippen LogP) is 2.89. The molecule has 20 heavy (non-hydrogen) atoms. The number of aliphatic carboxylic acids is 1. The molecule has 0 amide bonds. The number of aryl methyl sites for hydroxylation is 1. The smallest absolute Gasteiger partial charge is 0.320 e. The van der Waals surface area contributed by atoms with Crippen molar-refractivity contribution in [3.63, 3.8) is 0 Å². The van der Waals surface area contributed by atoms with E-state index in [2.05, 4.69) is 31.2 Å². The zero-order valence-electron chi connectivity index (χ0n) is 11.7. The number of hydrogen-bond acceptors (Lipinski definition) is 2. The van der Waals surface area contributed by atoms with Crippen molar-refractivity contribution in [2.75, 3.05) is 0 Å². The summed E-state index contributed by atoms with van der Waals surface area (Å²) in [7, 11) is 0. The highest BCUT2D eigenvalue weighted by Gasteiger charge is 2.10. The van der Waals surface area contributed by atoms with Crippen LogP contribution in [0.4, 0.5) is 0 Å². The molecule has 0 unspecified atom stereocenters. The lowest BCUT2D eigenvalue weighted by Crippen LogP contribution is -2.32. The molecule has 0 aliphatic carbocycles. The fourth-order valence-electron chi connectivity index (χ4n) is 1.67. The van der Waals surface area contributed by atoms with Gasteiger partial charge in [-0.15, -0.1) is 0 Å². The van der Waals surface area contributed by atoms with Gasteiger partial charge in [-0.1, -0.05) is 67.6 Å². The standard InChI is InChI=1S/C9H11NO2.C8H10/c10-8(9(11)12)6-7-4-2-1-3-5-7;1-2-8-6-4-3-5-7-8/h1-5,8H,6,10H2,(H,11,12);3-7H,2H2,1H3/t8-;/m0./s1. The van der Waals surface area contributed by atoms with Crippen LogP contribution in [0.15, 0.2) is 60.7 Å². The molecule has 0 saturated heterocycles. The van der Waals surface area contributed by atoms with Gasteiger partial charge in [-0.05, 0) is 24.0 Å². The van der Waals surface area contributed by atoms with E-state index in [4.69, 9.17) is 10.8 Å². The van der Waals surface area contributed by atoms with Crippen molar-refractivity contribution in [2.45, 2.75) is 25.8 Å². The number of carboxylic acid groups (broad SMARTS) is 1. The van der Waals surface area contributed by atoms with Crippen molar-refractivity contribution in [1.82, 2.24) is 0 Å². The number of carboxylic acids is 1. The fourth-order valence-corrected chi connectivity index (χ4v) is 1.67. The van der Waals surface area contributed by atoms with Crippen molar-refractivity contribution in [2.24, 2.45) is 5.73 Å². The lowest BCUT2D eigenvalue weighted by Gasteiger charge is -2.04. The van der Waals surface area contributed by atoms with Gasteiger partial charge in [0.2, 0.25) is 0 Å². The zero-order valence-corrected chi connectivity index (χ0v) is 11.7. The van der Waals surface area contributed by atoms with Crippen LogP contribution in [0.3, 0.4) is 0 Å². The molecular weight excluding hydrogens is 250 g/mol. The first kappa shape index (κ1) is 15.9. The summed E-state index contributed by atoms with van der Waals surface area (Å²) < 4.78 is 0. The minimum atomic E-state index is -0.959. The molecule has 0 saturated carbocycles. The Morgan fingerprint density at radius 3 is 1.80 bits per heavy atom. The second-order valence-corrected chi connectivity index (χ2v) is 4.47. The van der Waals surface area contributed by atoms with E-state index in [-0.39, 0.29) is 0 Å². The van der Waals surface area contributed by atoms with Gasteiger partial charge in [0.05, 0.1) is 0 Å². The number of carbonyl (C=O) groups is 1. The van der Waals surface area contributed by atoms with Gasteiger partial charge in [0.1, 0.15) is 6.04 Å². The van der Waals surface area contributed by atoms with Crippen LogP contribution in [-0.4, -0.2) is 17.1 Å². The Bertz CT molecular complexity index is 497. The first-order chi connectivity index (χ1) is 9.63. The largest absolute Gasteiger partial charge is 0.480 e. The van der Waals surface area contributed by atoms with Gasteiger partial charge in [-0.3, -0.25) is 4.79 Å². The number of nitrogens with two attached hydrogens (primary N) is 1. The van der Waals surface area contributed by atoms with Gasteiger partial charge in [0, 0.05) is 0 Å². The van der Waals surface area contributed by atoms with Crippen molar-refractivity contribution in [1.29, 1.82) is 0 Å². The molecule has 2 aromatic rings. The van der Waals surface area contributed by atoms with Gasteiger partial charge in [0.15, 0.2) is 0 Å². The van der Waals surface area contributed by atoms with E-state index in [1.807, 2.05) is 36.4 Å². The predicted molar refractivity (Wildman–Crippen MR) is 81.6 cm³/mol. The maximum atomic E-state index is 10.4. The molecule has 0 aliphatic heterocycles. The average molecular weight is 271 g/mol. The second kappa shape index (κ2) is 8.88. The molecule has 0 heterocycles. The first-order valence-electron chi connectivity index (χ1n) is 6.69. The minimum Gasteiger partial charge on any atom is -0.480 e. The van der Waals surface area contributed by atoms with Gasteiger partial charge in [-0.25, -0.2) is 0 Å². The summed E-state index contributed by atoms with van der Waals surface area (Å²) in [5.74, 6) is -0.959. The summed E-state index contributed by atoms with van der Waals surface area (Å²) in [6.07, 6.45) is 1.52. The average Bonchev–Trinajstić information content (AvgIpc) is 2.49. The van der Waals surface area contributed by atoms with Crippen LogP contribution in [-0.2, 0) is 17.6 Å². The fraction of sp³-hybridized carbons (Fsp3) is 0.235. The summed E-state index contributed by atoms with van der Waals surface area (Å²) in [4.78, 5) is 10.4. The van der Waals surface area contributed by atoms with E-state index in [9.17, 15) is 4.79 Å². The maximum Gasteiger partial charge on any atom is 0.320 e. The molecule has 2 aromatic carbocycles. The highest BCUT2D eigenvalue weighted by Crippen LogP contribution is 2.01. The van der Waals surface area contributed by atoms with Crippen LogP contribution in [0.25, 0.3) is 0 Å². The normalized spacial score (nSPS) is 11.1. The quantitative estimate of drug-likeness (QED) is 0.898. The monoisotopic (exact) mass is 271 g/mol. The summed E-state index contributed by atoms with van der Waals surface area (Å²) in [6, 6.07) is 19.0. The molecule has 0 fully saturated rings. The van der Waals surface area contributed by atoms with E-state index in [1.54, 1.807) is 0 Å². The van der Waals surface area contributed by atoms with Gasteiger partial charge in [0.25, 0.3) is 0 Å². The van der Waals surface area contributed by atoms with Crippen LogP contribution in [0, 0.1) is 0 Å². The molecule has 3 N–H and O–H groups in total.